The van der Waals surface area contributed by atoms with E-state index in [-0.39, 0.29) is 6.03 Å². The Morgan fingerprint density at radius 3 is 2.70 bits per heavy atom. The Hall–Kier alpha value is -0.810. The number of ether oxygens (including phenoxy) is 2. The SMILES string of the molecule is CC1CCC(NC(=O)N2CCC3(C2)OCCO3)C(C)C1. The molecule has 2 aliphatic heterocycles. The molecule has 1 N–H and O–H groups in total. The van der Waals surface area contributed by atoms with Crippen LogP contribution in [-0.4, -0.2) is 49.1 Å². The molecule has 3 atom stereocenters. The Morgan fingerprint density at radius 2 is 2.00 bits per heavy atom. The maximum absolute atomic E-state index is 12.4. The number of carbonyl (C=O) groups excluding carboxylic acids is 1. The summed E-state index contributed by atoms with van der Waals surface area (Å²) in [6, 6.07) is 0.369. The number of likely N-dealkylation sites (tertiary alicyclic amines) is 1. The van der Waals surface area contributed by atoms with Gasteiger partial charge in [-0.2, -0.15) is 0 Å². The maximum Gasteiger partial charge on any atom is 0.317 e. The predicted molar refractivity (Wildman–Crippen MR) is 75.3 cm³/mol. The van der Waals surface area contributed by atoms with Gasteiger partial charge in [0, 0.05) is 19.0 Å². The minimum Gasteiger partial charge on any atom is -0.346 e. The standard InChI is InChI=1S/C15H26N2O3/c1-11-3-4-13(12(2)9-11)16-14(18)17-6-5-15(10-17)19-7-8-20-15/h11-13H,3-10H2,1-2H3,(H,16,18). The molecule has 0 aromatic heterocycles. The summed E-state index contributed by atoms with van der Waals surface area (Å²) >= 11 is 0. The van der Waals surface area contributed by atoms with Crippen molar-refractivity contribution in [1.82, 2.24) is 10.2 Å². The van der Waals surface area contributed by atoms with Gasteiger partial charge in [0.2, 0.25) is 0 Å². The van der Waals surface area contributed by atoms with Gasteiger partial charge in [-0.25, -0.2) is 4.79 Å². The van der Waals surface area contributed by atoms with Crippen molar-refractivity contribution in [2.75, 3.05) is 26.3 Å². The summed E-state index contributed by atoms with van der Waals surface area (Å²) in [6.45, 7) is 7.13. The number of nitrogens with one attached hydrogen (secondary N) is 1. The average molecular weight is 282 g/mol. The number of nitrogens with zero attached hydrogens (tertiary/aromatic N) is 1. The molecule has 2 saturated heterocycles. The summed E-state index contributed by atoms with van der Waals surface area (Å²) in [5, 5.41) is 3.21. The Balaban J connectivity index is 1.52. The molecule has 1 spiro atoms. The second-order valence-electron chi connectivity index (χ2n) is 6.73. The molecule has 2 amide bonds. The highest BCUT2D eigenvalue weighted by molar-refractivity contribution is 5.75. The van der Waals surface area contributed by atoms with E-state index in [4.69, 9.17) is 9.47 Å². The molecule has 5 nitrogen and oxygen atoms in total. The van der Waals surface area contributed by atoms with Gasteiger partial charge in [-0.15, -0.1) is 0 Å². The Labute approximate surface area is 121 Å². The Morgan fingerprint density at radius 1 is 1.25 bits per heavy atom. The zero-order valence-electron chi connectivity index (χ0n) is 12.6. The van der Waals surface area contributed by atoms with Gasteiger partial charge in [-0.1, -0.05) is 13.8 Å². The average Bonchev–Trinajstić information content (AvgIpc) is 3.04. The van der Waals surface area contributed by atoms with Crippen LogP contribution in [0.1, 0.15) is 39.5 Å². The molecule has 0 radical (unpaired) electrons. The monoisotopic (exact) mass is 282 g/mol. The number of carbonyl (C=O) groups is 1. The van der Waals surface area contributed by atoms with Gasteiger partial charge in [0.05, 0.1) is 19.8 Å². The summed E-state index contributed by atoms with van der Waals surface area (Å²) < 4.78 is 11.3. The highest BCUT2D eigenvalue weighted by Gasteiger charge is 2.45. The maximum atomic E-state index is 12.4. The van der Waals surface area contributed by atoms with Gasteiger partial charge in [-0.3, -0.25) is 0 Å². The van der Waals surface area contributed by atoms with Crippen molar-refractivity contribution in [2.24, 2.45) is 11.8 Å². The van der Waals surface area contributed by atoms with Gasteiger partial charge < -0.3 is 19.7 Å². The van der Waals surface area contributed by atoms with Crippen molar-refractivity contribution in [2.45, 2.75) is 51.4 Å². The van der Waals surface area contributed by atoms with Gasteiger partial charge in [0.25, 0.3) is 0 Å². The normalized spacial score (nSPS) is 36.5. The minimum absolute atomic E-state index is 0.0485. The third-order valence-corrected chi connectivity index (χ3v) is 5.04. The summed E-state index contributed by atoms with van der Waals surface area (Å²) in [5.41, 5.74) is 0. The summed E-state index contributed by atoms with van der Waals surface area (Å²) in [4.78, 5) is 14.2. The number of urea groups is 1. The smallest absolute Gasteiger partial charge is 0.317 e. The predicted octanol–water partition coefficient (Wildman–Crippen LogP) is 1.97. The van der Waals surface area contributed by atoms with Crippen molar-refractivity contribution in [1.29, 1.82) is 0 Å². The Kier molecular flexibility index (Phi) is 3.91. The third kappa shape index (κ3) is 2.79. The quantitative estimate of drug-likeness (QED) is 0.800. The van der Waals surface area contributed by atoms with E-state index in [1.807, 2.05) is 4.90 Å². The van der Waals surface area contributed by atoms with Crippen molar-refractivity contribution in [3.63, 3.8) is 0 Å². The molecule has 20 heavy (non-hydrogen) atoms. The lowest BCUT2D eigenvalue weighted by atomic mass is 9.80. The largest absolute Gasteiger partial charge is 0.346 e. The van der Waals surface area contributed by atoms with Crippen LogP contribution in [0.4, 0.5) is 4.79 Å². The molecular formula is C15H26N2O3. The fourth-order valence-electron chi connectivity index (χ4n) is 3.79. The van der Waals surface area contributed by atoms with Gasteiger partial charge in [0.15, 0.2) is 5.79 Å². The molecule has 1 aliphatic carbocycles. The molecule has 2 heterocycles. The van der Waals surface area contributed by atoms with Crippen LogP contribution in [0.25, 0.3) is 0 Å². The highest BCUT2D eigenvalue weighted by atomic mass is 16.7. The van der Waals surface area contributed by atoms with Crippen molar-refractivity contribution in [3.05, 3.63) is 0 Å². The summed E-state index contributed by atoms with van der Waals surface area (Å²) in [7, 11) is 0. The molecule has 3 fully saturated rings. The van der Waals surface area contributed by atoms with Crippen LogP contribution in [0.5, 0.6) is 0 Å². The molecule has 1 saturated carbocycles. The molecular weight excluding hydrogens is 256 g/mol. The third-order valence-electron chi connectivity index (χ3n) is 5.04. The zero-order chi connectivity index (χ0) is 14.2. The number of hydrogen-bond donors (Lipinski definition) is 1. The van der Waals surface area contributed by atoms with E-state index < -0.39 is 5.79 Å². The van der Waals surface area contributed by atoms with E-state index in [2.05, 4.69) is 19.2 Å². The van der Waals surface area contributed by atoms with Crippen LogP contribution in [0.2, 0.25) is 0 Å². The molecule has 5 heteroatoms. The van der Waals surface area contributed by atoms with Gasteiger partial charge in [0.1, 0.15) is 0 Å². The van der Waals surface area contributed by atoms with E-state index in [0.29, 0.717) is 31.7 Å². The first kappa shape index (κ1) is 14.1. The fraction of sp³-hybridized carbons (Fsp3) is 0.933. The first-order valence-electron chi connectivity index (χ1n) is 7.91. The van der Waals surface area contributed by atoms with Crippen LogP contribution < -0.4 is 5.32 Å². The zero-order valence-corrected chi connectivity index (χ0v) is 12.6. The molecule has 0 aromatic carbocycles. The van der Waals surface area contributed by atoms with Crippen LogP contribution in [0.15, 0.2) is 0 Å². The lowest BCUT2D eigenvalue weighted by Gasteiger charge is -2.34. The second-order valence-corrected chi connectivity index (χ2v) is 6.73. The molecule has 3 rings (SSSR count). The Bertz CT molecular complexity index is 368. The molecule has 114 valence electrons. The van der Waals surface area contributed by atoms with Crippen molar-refractivity contribution >= 4 is 6.03 Å². The minimum atomic E-state index is -0.510. The van der Waals surface area contributed by atoms with Crippen LogP contribution >= 0.6 is 0 Å². The van der Waals surface area contributed by atoms with Crippen LogP contribution in [0, 0.1) is 11.8 Å². The summed E-state index contributed by atoms with van der Waals surface area (Å²) in [6.07, 6.45) is 4.31. The van der Waals surface area contributed by atoms with E-state index in [1.165, 1.54) is 12.8 Å². The lowest BCUT2D eigenvalue weighted by Crippen LogP contribution is -2.49. The fourth-order valence-corrected chi connectivity index (χ4v) is 3.79. The highest BCUT2D eigenvalue weighted by Crippen LogP contribution is 2.31. The van der Waals surface area contributed by atoms with Gasteiger partial charge >= 0.3 is 6.03 Å². The molecule has 3 unspecified atom stereocenters. The van der Waals surface area contributed by atoms with Crippen LogP contribution in [0.3, 0.4) is 0 Å². The van der Waals surface area contributed by atoms with E-state index in [9.17, 15) is 4.79 Å². The van der Waals surface area contributed by atoms with E-state index >= 15 is 0 Å². The number of hydrogen-bond acceptors (Lipinski definition) is 3. The number of amides is 2. The molecule has 0 aromatic rings. The molecule has 0 bridgehead atoms. The van der Waals surface area contributed by atoms with Crippen LogP contribution in [-0.2, 0) is 9.47 Å². The van der Waals surface area contributed by atoms with Crippen molar-refractivity contribution in [3.8, 4) is 0 Å². The lowest BCUT2D eigenvalue weighted by molar-refractivity contribution is -0.143. The van der Waals surface area contributed by atoms with Gasteiger partial charge in [-0.05, 0) is 31.1 Å². The van der Waals surface area contributed by atoms with E-state index in [1.54, 1.807) is 0 Å². The topological polar surface area (TPSA) is 50.8 Å². The first-order valence-corrected chi connectivity index (χ1v) is 7.91. The van der Waals surface area contributed by atoms with E-state index in [0.717, 1.165) is 25.3 Å². The second kappa shape index (κ2) is 5.53. The number of rotatable bonds is 1. The van der Waals surface area contributed by atoms with Crippen molar-refractivity contribution < 1.29 is 14.3 Å². The molecule has 3 aliphatic rings. The first-order chi connectivity index (χ1) is 9.58. The summed E-state index contributed by atoms with van der Waals surface area (Å²) in [5.74, 6) is 0.844.